The summed E-state index contributed by atoms with van der Waals surface area (Å²) in [5, 5.41) is -0.722. The van der Waals surface area contributed by atoms with Crippen molar-refractivity contribution in [3.05, 3.63) is 0 Å². The Morgan fingerprint density at radius 3 is 2.00 bits per heavy atom. The number of carbonyl (C=O) groups excluding carboxylic acids is 1. The van der Waals surface area contributed by atoms with Crippen LogP contribution in [-0.4, -0.2) is 5.24 Å². The topological polar surface area (TPSA) is 29.4 Å². The predicted octanol–water partition coefficient (Wildman–Crippen LogP) is 1.03. The summed E-state index contributed by atoms with van der Waals surface area (Å²) in [4.78, 5) is 9.36. The van der Waals surface area contributed by atoms with Crippen molar-refractivity contribution >= 4 is 30.3 Å². The molecule has 0 aliphatic carbocycles. The minimum absolute atomic E-state index is 0.722. The van der Waals surface area contributed by atoms with E-state index < -0.39 is 5.24 Å². The monoisotopic (exact) mass is 106 g/mol. The molecular formula is CNOS2. The first-order valence-corrected chi connectivity index (χ1v) is 1.59. The molecule has 1 amide bonds. The van der Waals surface area contributed by atoms with Crippen molar-refractivity contribution in [3.63, 3.8) is 0 Å². The van der Waals surface area contributed by atoms with E-state index in [4.69, 9.17) is 0 Å². The van der Waals surface area contributed by atoms with Gasteiger partial charge in [-0.2, -0.15) is 0 Å². The van der Waals surface area contributed by atoms with Gasteiger partial charge < -0.3 is 0 Å². The number of hydrogen-bond donors (Lipinski definition) is 0. The summed E-state index contributed by atoms with van der Waals surface area (Å²) >= 11 is 7.72. The van der Waals surface area contributed by atoms with Gasteiger partial charge in [-0.1, -0.05) is 0 Å². The molecule has 0 saturated carbocycles. The van der Waals surface area contributed by atoms with E-state index in [2.05, 4.69) is 29.4 Å². The molecule has 2 nitrogen and oxygen atoms in total. The third-order valence-corrected chi connectivity index (χ3v) is 0.447. The minimum atomic E-state index is -0.722. The number of rotatable bonds is 0. The van der Waals surface area contributed by atoms with E-state index in [-0.39, 0.29) is 0 Å². The summed E-state index contributed by atoms with van der Waals surface area (Å²) in [6.45, 7) is 0. The molecule has 1 radical (unpaired) electrons. The zero-order valence-electron chi connectivity index (χ0n) is 2.17. The standard InChI is InChI=1S/CNOS2/c3-1(4)2-5. The fourth-order valence-corrected chi connectivity index (χ4v) is 0. The quantitative estimate of drug-likeness (QED) is 0.461. The van der Waals surface area contributed by atoms with Gasteiger partial charge in [0.1, 0.15) is 0 Å². The summed E-state index contributed by atoms with van der Waals surface area (Å²) in [6, 6.07) is 0. The number of nitrogens with zero attached hydrogens (tertiary/aromatic N) is 1. The predicted molar refractivity (Wildman–Crippen MR) is 22.8 cm³/mol. The zero-order valence-corrected chi connectivity index (χ0v) is 3.80. The molecule has 0 N–H and O–H groups in total. The van der Waals surface area contributed by atoms with Crippen LogP contribution in [0.15, 0.2) is 4.36 Å². The lowest BCUT2D eigenvalue weighted by molar-refractivity contribution is 0.268. The van der Waals surface area contributed by atoms with Crippen molar-refractivity contribution in [2.45, 2.75) is 0 Å². The molecule has 0 rings (SSSR count). The molecule has 0 bridgehead atoms. The van der Waals surface area contributed by atoms with Crippen LogP contribution in [0.1, 0.15) is 0 Å². The van der Waals surface area contributed by atoms with Crippen LogP contribution in [0.25, 0.3) is 0 Å². The fraction of sp³-hybridized carbons (Fsp3) is 0. The minimum Gasteiger partial charge on any atom is -0.253 e. The molecule has 27 valence electrons. The molecule has 0 aliphatic rings. The number of amides is 1. The Labute approximate surface area is 40.1 Å². The third-order valence-electron chi connectivity index (χ3n) is 0.0745. The molecule has 0 heterocycles. The van der Waals surface area contributed by atoms with Gasteiger partial charge in [0, 0.05) is 12.4 Å². The Morgan fingerprint density at radius 1 is 1.80 bits per heavy atom. The maximum absolute atomic E-state index is 9.36. The summed E-state index contributed by atoms with van der Waals surface area (Å²) in [6.07, 6.45) is 0. The lowest BCUT2D eigenvalue weighted by Gasteiger charge is -1.56. The molecule has 0 atom stereocenters. The highest BCUT2D eigenvalue weighted by Crippen LogP contribution is 1.77. The summed E-state index contributed by atoms with van der Waals surface area (Å²) < 4.78 is 2.65. The van der Waals surface area contributed by atoms with Gasteiger partial charge in [0.05, 0.1) is 0 Å². The Kier molecular flexibility index (Phi) is 2.13. The first-order valence-electron chi connectivity index (χ1n) is 0.814. The Hall–Kier alpha value is -0.0900. The van der Waals surface area contributed by atoms with Crippen molar-refractivity contribution in [1.29, 1.82) is 0 Å². The third kappa shape index (κ3) is 3.91. The van der Waals surface area contributed by atoms with Crippen LogP contribution in [0.4, 0.5) is 4.79 Å². The molecule has 0 aromatic heterocycles. The van der Waals surface area contributed by atoms with Crippen LogP contribution in [0.2, 0.25) is 0 Å². The first kappa shape index (κ1) is 4.91. The fourth-order valence-electron chi connectivity index (χ4n) is 0. The van der Waals surface area contributed by atoms with Gasteiger partial charge in [-0.05, 0) is 12.6 Å². The molecule has 0 aromatic rings. The summed E-state index contributed by atoms with van der Waals surface area (Å²) in [7, 11) is 0. The molecule has 0 saturated heterocycles. The lowest BCUT2D eigenvalue weighted by Crippen LogP contribution is -1.62. The zero-order chi connectivity index (χ0) is 4.28. The van der Waals surface area contributed by atoms with E-state index in [1.54, 1.807) is 0 Å². The SMILES string of the molecule is O=C([S])N=S. The van der Waals surface area contributed by atoms with E-state index in [0.29, 0.717) is 0 Å². The first-order chi connectivity index (χ1) is 2.27. The average molecular weight is 106 g/mol. The van der Waals surface area contributed by atoms with Crippen molar-refractivity contribution < 1.29 is 4.79 Å². The van der Waals surface area contributed by atoms with Gasteiger partial charge in [0.25, 0.3) is 0 Å². The van der Waals surface area contributed by atoms with Crippen molar-refractivity contribution in [2.75, 3.05) is 0 Å². The molecule has 5 heavy (non-hydrogen) atoms. The Morgan fingerprint density at radius 2 is 2.00 bits per heavy atom. The Bertz CT molecular complexity index is 60.7. The van der Waals surface area contributed by atoms with Crippen LogP contribution in [0.5, 0.6) is 0 Å². The highest BCUT2D eigenvalue weighted by atomic mass is 32.1. The van der Waals surface area contributed by atoms with E-state index >= 15 is 0 Å². The van der Waals surface area contributed by atoms with Crippen molar-refractivity contribution in [1.82, 2.24) is 0 Å². The van der Waals surface area contributed by atoms with Crippen LogP contribution in [0, 0.1) is 0 Å². The molecule has 0 unspecified atom stereocenters. The van der Waals surface area contributed by atoms with Crippen molar-refractivity contribution in [3.8, 4) is 0 Å². The smallest absolute Gasteiger partial charge is 0.253 e. The second kappa shape index (κ2) is 2.17. The highest BCUT2D eigenvalue weighted by molar-refractivity contribution is 7.96. The second-order valence-corrected chi connectivity index (χ2v) is 0.889. The maximum atomic E-state index is 9.36. The van der Waals surface area contributed by atoms with Gasteiger partial charge in [0.2, 0.25) is 0 Å². The average Bonchev–Trinajstić information content (AvgIpc) is 1.38. The van der Waals surface area contributed by atoms with E-state index in [1.165, 1.54) is 0 Å². The van der Waals surface area contributed by atoms with E-state index in [1.807, 2.05) is 0 Å². The van der Waals surface area contributed by atoms with E-state index in [0.717, 1.165) is 0 Å². The van der Waals surface area contributed by atoms with Crippen LogP contribution >= 0.6 is 12.6 Å². The molecule has 0 aliphatic heterocycles. The van der Waals surface area contributed by atoms with Gasteiger partial charge in [-0.3, -0.25) is 4.79 Å². The van der Waals surface area contributed by atoms with Crippen LogP contribution in [0.3, 0.4) is 0 Å². The van der Waals surface area contributed by atoms with Crippen LogP contribution in [-0.2, 0) is 12.4 Å². The normalized spacial score (nSPS) is 6.40. The molecule has 0 spiro atoms. The maximum Gasteiger partial charge on any atom is 0.347 e. The molecule has 0 aromatic carbocycles. The molecule has 4 heteroatoms. The van der Waals surface area contributed by atoms with Crippen molar-refractivity contribution in [2.24, 2.45) is 4.36 Å². The highest BCUT2D eigenvalue weighted by Gasteiger charge is 1.78. The van der Waals surface area contributed by atoms with Crippen LogP contribution < -0.4 is 0 Å². The lowest BCUT2D eigenvalue weighted by atomic mass is 11.5. The van der Waals surface area contributed by atoms with Gasteiger partial charge in [-0.25, -0.2) is 0 Å². The van der Waals surface area contributed by atoms with Gasteiger partial charge in [-0.15, -0.1) is 4.36 Å². The number of hydrogen-bond acceptors (Lipinski definition) is 2. The second-order valence-electron chi connectivity index (χ2n) is 0.357. The number of carbonyl (C=O) groups is 1. The summed E-state index contributed by atoms with van der Waals surface area (Å²) in [5.74, 6) is 0. The van der Waals surface area contributed by atoms with Gasteiger partial charge in [0.15, 0.2) is 0 Å². The molecular weight excluding hydrogens is 106 g/mol. The summed E-state index contributed by atoms with van der Waals surface area (Å²) in [5.41, 5.74) is 0. The van der Waals surface area contributed by atoms with Gasteiger partial charge >= 0.3 is 5.24 Å². The molecule has 0 fully saturated rings. The Balaban J connectivity index is 3.20. The largest absolute Gasteiger partial charge is 0.347 e. The van der Waals surface area contributed by atoms with E-state index in [9.17, 15) is 4.79 Å².